The van der Waals surface area contributed by atoms with E-state index >= 15 is 0 Å². The van der Waals surface area contributed by atoms with Crippen LogP contribution in [0.15, 0.2) is 17.2 Å². The maximum atomic E-state index is 12.4. The Balaban J connectivity index is 2.99. The van der Waals surface area contributed by atoms with Crippen LogP contribution < -0.4 is 10.9 Å². The van der Waals surface area contributed by atoms with Crippen molar-refractivity contribution in [2.24, 2.45) is 0 Å². The highest BCUT2D eigenvalue weighted by atomic mass is 16.2. The van der Waals surface area contributed by atoms with Crippen LogP contribution in [0.5, 0.6) is 0 Å². The highest BCUT2D eigenvalue weighted by molar-refractivity contribution is 5.83. The highest BCUT2D eigenvalue weighted by Gasteiger charge is 2.21. The van der Waals surface area contributed by atoms with Crippen molar-refractivity contribution in [3.05, 3.63) is 22.7 Å². The van der Waals surface area contributed by atoms with Gasteiger partial charge in [0.1, 0.15) is 6.04 Å². The zero-order chi connectivity index (χ0) is 16.2. The molecule has 6 heteroatoms. The molecule has 0 saturated heterocycles. The molecule has 118 valence electrons. The van der Waals surface area contributed by atoms with Crippen molar-refractivity contribution in [1.29, 1.82) is 0 Å². The Morgan fingerprint density at radius 2 is 1.95 bits per heavy atom. The highest BCUT2D eigenvalue weighted by Crippen LogP contribution is 2.11. The quantitative estimate of drug-likeness (QED) is 0.897. The SMILES string of the molecule is CCN(CC)C(=O)C(C)Nc1nccn(C(C)(C)C)c1=O. The first kappa shape index (κ1) is 17.2. The van der Waals surface area contributed by atoms with E-state index in [4.69, 9.17) is 0 Å². The van der Waals surface area contributed by atoms with Crippen LogP contribution in [0, 0.1) is 0 Å². The summed E-state index contributed by atoms with van der Waals surface area (Å²) in [6.07, 6.45) is 3.23. The van der Waals surface area contributed by atoms with Crippen LogP contribution in [0.3, 0.4) is 0 Å². The molecule has 1 heterocycles. The van der Waals surface area contributed by atoms with Gasteiger partial charge in [-0.05, 0) is 41.5 Å². The Labute approximate surface area is 126 Å². The summed E-state index contributed by atoms with van der Waals surface area (Å²) in [5.41, 5.74) is -0.549. The lowest BCUT2D eigenvalue weighted by atomic mass is 10.1. The van der Waals surface area contributed by atoms with Gasteiger partial charge in [0, 0.05) is 31.0 Å². The first-order chi connectivity index (χ1) is 9.72. The maximum Gasteiger partial charge on any atom is 0.293 e. The number of anilines is 1. The molecule has 0 aliphatic heterocycles. The maximum absolute atomic E-state index is 12.4. The van der Waals surface area contributed by atoms with Gasteiger partial charge in [-0.15, -0.1) is 0 Å². The number of carbonyl (C=O) groups is 1. The molecule has 1 amide bonds. The largest absolute Gasteiger partial charge is 0.354 e. The van der Waals surface area contributed by atoms with E-state index in [1.165, 1.54) is 0 Å². The summed E-state index contributed by atoms with van der Waals surface area (Å²) in [4.78, 5) is 30.4. The summed E-state index contributed by atoms with van der Waals surface area (Å²) in [5, 5.41) is 2.94. The molecule has 6 nitrogen and oxygen atoms in total. The average Bonchev–Trinajstić information content (AvgIpc) is 2.40. The van der Waals surface area contributed by atoms with E-state index in [-0.39, 0.29) is 22.8 Å². The lowest BCUT2D eigenvalue weighted by molar-refractivity contribution is -0.131. The normalized spacial score (nSPS) is 12.9. The first-order valence-corrected chi connectivity index (χ1v) is 7.35. The van der Waals surface area contributed by atoms with Gasteiger partial charge in [0.15, 0.2) is 5.82 Å². The second-order valence-corrected chi connectivity index (χ2v) is 6.00. The van der Waals surface area contributed by atoms with Crippen molar-refractivity contribution in [2.75, 3.05) is 18.4 Å². The second-order valence-electron chi connectivity index (χ2n) is 6.00. The van der Waals surface area contributed by atoms with E-state index in [0.717, 1.165) is 0 Å². The molecule has 0 aromatic carbocycles. The van der Waals surface area contributed by atoms with Gasteiger partial charge in [0.25, 0.3) is 5.56 Å². The molecule has 0 aliphatic rings. The third-order valence-electron chi connectivity index (χ3n) is 3.36. The van der Waals surface area contributed by atoms with E-state index in [1.807, 2.05) is 34.6 Å². The Bertz CT molecular complexity index is 541. The number of aromatic nitrogens is 2. The fourth-order valence-corrected chi connectivity index (χ4v) is 2.11. The van der Waals surface area contributed by atoms with Gasteiger partial charge in [-0.3, -0.25) is 9.59 Å². The minimum atomic E-state index is -0.485. The van der Waals surface area contributed by atoms with Crippen molar-refractivity contribution in [1.82, 2.24) is 14.5 Å². The topological polar surface area (TPSA) is 67.2 Å². The molecule has 1 unspecified atom stereocenters. The van der Waals surface area contributed by atoms with Crippen LogP contribution in [0.4, 0.5) is 5.82 Å². The number of nitrogens with one attached hydrogen (secondary N) is 1. The Hall–Kier alpha value is -1.85. The van der Waals surface area contributed by atoms with Gasteiger partial charge in [0.2, 0.25) is 5.91 Å². The van der Waals surface area contributed by atoms with Gasteiger partial charge < -0.3 is 14.8 Å². The standard InChI is InChI=1S/C15H26N4O2/c1-7-18(8-2)13(20)11(3)17-12-14(21)19(10-9-16-12)15(4,5)6/h9-11H,7-8H2,1-6H3,(H,16,17). The number of hydrogen-bond acceptors (Lipinski definition) is 4. The fraction of sp³-hybridized carbons (Fsp3) is 0.667. The number of hydrogen-bond donors (Lipinski definition) is 1. The smallest absolute Gasteiger partial charge is 0.293 e. The number of rotatable bonds is 5. The van der Waals surface area contributed by atoms with Crippen LogP contribution in [-0.4, -0.2) is 39.5 Å². The number of likely N-dealkylation sites (N-methyl/N-ethyl adjacent to an activating group) is 1. The van der Waals surface area contributed by atoms with E-state index in [9.17, 15) is 9.59 Å². The molecule has 0 fully saturated rings. The molecule has 1 aromatic heterocycles. The van der Waals surface area contributed by atoms with E-state index in [0.29, 0.717) is 13.1 Å². The second kappa shape index (κ2) is 6.74. The fourth-order valence-electron chi connectivity index (χ4n) is 2.11. The van der Waals surface area contributed by atoms with Crippen LogP contribution >= 0.6 is 0 Å². The van der Waals surface area contributed by atoms with Crippen molar-refractivity contribution in [2.45, 2.75) is 53.1 Å². The number of amides is 1. The minimum absolute atomic E-state index is 0.0349. The summed E-state index contributed by atoms with van der Waals surface area (Å²) < 4.78 is 1.61. The van der Waals surface area contributed by atoms with Crippen LogP contribution in [-0.2, 0) is 10.3 Å². The third kappa shape index (κ3) is 4.06. The van der Waals surface area contributed by atoms with Gasteiger partial charge in [-0.1, -0.05) is 0 Å². The Morgan fingerprint density at radius 1 is 1.38 bits per heavy atom. The lowest BCUT2D eigenvalue weighted by Crippen LogP contribution is -2.43. The molecule has 1 rings (SSSR count). The summed E-state index contributed by atoms with van der Waals surface area (Å²) in [6.45, 7) is 12.7. The van der Waals surface area contributed by atoms with Crippen molar-refractivity contribution < 1.29 is 4.79 Å². The molecule has 0 saturated carbocycles. The number of nitrogens with zero attached hydrogens (tertiary/aromatic N) is 3. The van der Waals surface area contributed by atoms with Gasteiger partial charge >= 0.3 is 0 Å². The van der Waals surface area contributed by atoms with E-state index in [1.54, 1.807) is 28.8 Å². The lowest BCUT2D eigenvalue weighted by Gasteiger charge is -2.25. The molecular weight excluding hydrogens is 268 g/mol. The molecule has 0 spiro atoms. The summed E-state index contributed by atoms with van der Waals surface area (Å²) >= 11 is 0. The zero-order valence-corrected chi connectivity index (χ0v) is 13.8. The molecule has 1 N–H and O–H groups in total. The molecule has 1 atom stereocenters. The monoisotopic (exact) mass is 294 g/mol. The molecule has 21 heavy (non-hydrogen) atoms. The van der Waals surface area contributed by atoms with Crippen LogP contribution in [0.1, 0.15) is 41.5 Å². The Morgan fingerprint density at radius 3 is 2.43 bits per heavy atom. The molecule has 0 bridgehead atoms. The van der Waals surface area contributed by atoms with Crippen molar-refractivity contribution >= 4 is 11.7 Å². The summed E-state index contributed by atoms with van der Waals surface area (Å²) in [5.74, 6) is 0.174. The third-order valence-corrected chi connectivity index (χ3v) is 3.36. The summed E-state index contributed by atoms with van der Waals surface area (Å²) in [7, 11) is 0. The minimum Gasteiger partial charge on any atom is -0.354 e. The van der Waals surface area contributed by atoms with E-state index in [2.05, 4.69) is 10.3 Å². The molecule has 1 aromatic rings. The zero-order valence-electron chi connectivity index (χ0n) is 13.8. The van der Waals surface area contributed by atoms with Crippen LogP contribution in [0.2, 0.25) is 0 Å². The van der Waals surface area contributed by atoms with Crippen molar-refractivity contribution in [3.8, 4) is 0 Å². The predicted octanol–water partition coefficient (Wildman–Crippen LogP) is 1.67. The predicted molar refractivity (Wildman–Crippen MR) is 84.5 cm³/mol. The summed E-state index contributed by atoms with van der Waals surface area (Å²) in [6, 6.07) is -0.485. The molecular formula is C15H26N4O2. The first-order valence-electron chi connectivity index (χ1n) is 7.35. The van der Waals surface area contributed by atoms with Crippen LogP contribution in [0.25, 0.3) is 0 Å². The van der Waals surface area contributed by atoms with Gasteiger partial charge in [-0.25, -0.2) is 4.98 Å². The number of carbonyl (C=O) groups excluding carboxylic acids is 1. The molecule has 0 aliphatic carbocycles. The Kier molecular flexibility index (Phi) is 5.52. The van der Waals surface area contributed by atoms with E-state index < -0.39 is 6.04 Å². The average molecular weight is 294 g/mol. The van der Waals surface area contributed by atoms with Gasteiger partial charge in [0.05, 0.1) is 0 Å². The van der Waals surface area contributed by atoms with Gasteiger partial charge in [-0.2, -0.15) is 0 Å². The molecule has 0 radical (unpaired) electrons. The van der Waals surface area contributed by atoms with Crippen molar-refractivity contribution in [3.63, 3.8) is 0 Å².